The number of hydrogen-bond donors (Lipinski definition) is 2. The van der Waals surface area contributed by atoms with Crippen molar-refractivity contribution in [1.29, 1.82) is 0 Å². The Labute approximate surface area is 103 Å². The van der Waals surface area contributed by atoms with Crippen LogP contribution in [0.15, 0.2) is 0 Å². The summed E-state index contributed by atoms with van der Waals surface area (Å²) in [4.78, 5) is 25.4. The first kappa shape index (κ1) is 14.0. The van der Waals surface area contributed by atoms with Crippen LogP contribution in [0.25, 0.3) is 0 Å². The molecule has 1 aliphatic heterocycles. The van der Waals surface area contributed by atoms with Crippen molar-refractivity contribution < 1.29 is 9.59 Å². The molecule has 0 aromatic carbocycles. The highest BCUT2D eigenvalue weighted by molar-refractivity contribution is 5.90. The van der Waals surface area contributed by atoms with E-state index in [1.54, 1.807) is 4.90 Å². The van der Waals surface area contributed by atoms with Gasteiger partial charge in [0.15, 0.2) is 0 Å². The number of nitrogens with two attached hydrogens (primary N) is 2. The Kier molecular flexibility index (Phi) is 4.51. The van der Waals surface area contributed by atoms with E-state index in [1.165, 1.54) is 0 Å². The summed E-state index contributed by atoms with van der Waals surface area (Å²) in [6, 6.07) is -0.438. The molecule has 1 rings (SSSR count). The third-order valence-corrected chi connectivity index (χ3v) is 4.04. The van der Waals surface area contributed by atoms with Crippen LogP contribution in [0.2, 0.25) is 0 Å². The van der Waals surface area contributed by atoms with Crippen molar-refractivity contribution in [2.45, 2.75) is 45.6 Å². The molecule has 5 nitrogen and oxygen atoms in total. The first-order chi connectivity index (χ1) is 8.02. The average molecular weight is 241 g/mol. The monoisotopic (exact) mass is 241 g/mol. The smallest absolute Gasteiger partial charge is 0.240 e. The number of carbonyl (C=O) groups excluding carboxylic acids is 2. The van der Waals surface area contributed by atoms with Crippen molar-refractivity contribution in [2.24, 2.45) is 16.9 Å². The van der Waals surface area contributed by atoms with Gasteiger partial charge in [-0.15, -0.1) is 0 Å². The minimum Gasteiger partial charge on any atom is -0.368 e. The van der Waals surface area contributed by atoms with E-state index < -0.39 is 17.4 Å². The Balaban J connectivity index is 2.91. The SMILES string of the molecule is CCC(CC)(CN)C(=O)N1CCCC1C(N)=O. The average Bonchev–Trinajstić information content (AvgIpc) is 2.80. The molecule has 17 heavy (non-hydrogen) atoms. The van der Waals surface area contributed by atoms with Gasteiger partial charge in [-0.25, -0.2) is 0 Å². The van der Waals surface area contributed by atoms with Gasteiger partial charge in [0.05, 0.1) is 5.41 Å². The molecule has 4 N–H and O–H groups in total. The molecule has 1 saturated heterocycles. The molecular formula is C12H23N3O2. The quantitative estimate of drug-likeness (QED) is 0.722. The number of likely N-dealkylation sites (tertiary alicyclic amines) is 1. The number of hydrogen-bond acceptors (Lipinski definition) is 3. The van der Waals surface area contributed by atoms with Gasteiger partial charge in [0.25, 0.3) is 0 Å². The fraction of sp³-hybridized carbons (Fsp3) is 0.833. The van der Waals surface area contributed by atoms with E-state index in [9.17, 15) is 9.59 Å². The predicted octanol–water partition coefficient (Wildman–Crippen LogP) is 0.228. The summed E-state index contributed by atoms with van der Waals surface area (Å²) < 4.78 is 0. The maximum atomic E-state index is 12.5. The second-order valence-corrected chi connectivity index (χ2v) is 4.75. The van der Waals surface area contributed by atoms with Crippen LogP contribution in [0.4, 0.5) is 0 Å². The lowest BCUT2D eigenvalue weighted by molar-refractivity contribution is -0.146. The first-order valence-electron chi connectivity index (χ1n) is 6.33. The fourth-order valence-electron chi connectivity index (χ4n) is 2.54. The van der Waals surface area contributed by atoms with E-state index in [4.69, 9.17) is 11.5 Å². The van der Waals surface area contributed by atoms with Crippen molar-refractivity contribution in [3.63, 3.8) is 0 Å². The molecule has 0 aromatic heterocycles. The number of nitrogens with zero attached hydrogens (tertiary/aromatic N) is 1. The van der Waals surface area contributed by atoms with E-state index in [2.05, 4.69) is 0 Å². The maximum Gasteiger partial charge on any atom is 0.240 e. The van der Waals surface area contributed by atoms with Crippen LogP contribution >= 0.6 is 0 Å². The molecule has 1 unspecified atom stereocenters. The largest absolute Gasteiger partial charge is 0.368 e. The Morgan fingerprint density at radius 2 is 1.94 bits per heavy atom. The molecular weight excluding hydrogens is 218 g/mol. The van der Waals surface area contributed by atoms with Crippen LogP contribution in [0, 0.1) is 5.41 Å². The molecule has 0 aliphatic carbocycles. The zero-order valence-electron chi connectivity index (χ0n) is 10.7. The zero-order chi connectivity index (χ0) is 13.1. The number of rotatable bonds is 5. The Morgan fingerprint density at radius 3 is 2.35 bits per heavy atom. The van der Waals surface area contributed by atoms with Gasteiger partial charge in [-0.1, -0.05) is 13.8 Å². The zero-order valence-corrected chi connectivity index (χ0v) is 10.7. The summed E-state index contributed by atoms with van der Waals surface area (Å²) in [6.07, 6.45) is 2.91. The lowest BCUT2D eigenvalue weighted by Gasteiger charge is -2.35. The molecule has 98 valence electrons. The van der Waals surface area contributed by atoms with Crippen LogP contribution in [-0.4, -0.2) is 35.8 Å². The summed E-state index contributed by atoms with van der Waals surface area (Å²) in [7, 11) is 0. The minimum absolute atomic E-state index is 0.00806. The molecule has 0 saturated carbocycles. The molecule has 5 heteroatoms. The highest BCUT2D eigenvalue weighted by Gasteiger charge is 2.42. The molecule has 0 spiro atoms. The third kappa shape index (κ3) is 2.44. The first-order valence-corrected chi connectivity index (χ1v) is 6.33. The second-order valence-electron chi connectivity index (χ2n) is 4.75. The predicted molar refractivity (Wildman–Crippen MR) is 66.0 cm³/mol. The van der Waals surface area contributed by atoms with Crippen LogP contribution in [0.1, 0.15) is 39.5 Å². The van der Waals surface area contributed by atoms with Crippen LogP contribution in [0.5, 0.6) is 0 Å². The minimum atomic E-state index is -0.530. The van der Waals surface area contributed by atoms with Gasteiger partial charge in [0.1, 0.15) is 6.04 Å². The molecule has 1 fully saturated rings. The highest BCUT2D eigenvalue weighted by atomic mass is 16.2. The lowest BCUT2D eigenvalue weighted by Crippen LogP contribution is -2.52. The summed E-state index contributed by atoms with van der Waals surface area (Å²) in [6.45, 7) is 4.86. The van der Waals surface area contributed by atoms with E-state index in [1.807, 2.05) is 13.8 Å². The summed E-state index contributed by atoms with van der Waals surface area (Å²) in [5.74, 6) is -0.416. The van der Waals surface area contributed by atoms with E-state index in [-0.39, 0.29) is 5.91 Å². The standard InChI is InChI=1S/C12H23N3O2/c1-3-12(4-2,8-13)11(17)15-7-5-6-9(15)10(14)16/h9H,3-8,13H2,1-2H3,(H2,14,16). The molecule has 0 aromatic rings. The van der Waals surface area contributed by atoms with E-state index >= 15 is 0 Å². The van der Waals surface area contributed by atoms with Gasteiger partial charge in [-0.05, 0) is 25.7 Å². The Hall–Kier alpha value is -1.10. The van der Waals surface area contributed by atoms with Crippen LogP contribution in [-0.2, 0) is 9.59 Å². The molecule has 1 aliphatic rings. The van der Waals surface area contributed by atoms with Crippen molar-refractivity contribution in [1.82, 2.24) is 4.90 Å². The summed E-state index contributed by atoms with van der Waals surface area (Å²) in [5, 5.41) is 0. The van der Waals surface area contributed by atoms with Crippen molar-refractivity contribution in [3.05, 3.63) is 0 Å². The fourth-order valence-corrected chi connectivity index (χ4v) is 2.54. The molecule has 0 radical (unpaired) electrons. The van der Waals surface area contributed by atoms with E-state index in [0.29, 0.717) is 32.4 Å². The Bertz CT molecular complexity index is 292. The van der Waals surface area contributed by atoms with Gasteiger partial charge >= 0.3 is 0 Å². The second kappa shape index (κ2) is 5.49. The summed E-state index contributed by atoms with van der Waals surface area (Å²) in [5.41, 5.74) is 10.6. The van der Waals surface area contributed by atoms with Gasteiger partial charge < -0.3 is 16.4 Å². The van der Waals surface area contributed by atoms with Crippen LogP contribution in [0.3, 0.4) is 0 Å². The Morgan fingerprint density at radius 1 is 1.35 bits per heavy atom. The van der Waals surface area contributed by atoms with E-state index in [0.717, 1.165) is 6.42 Å². The number of amides is 2. The van der Waals surface area contributed by atoms with Gasteiger partial charge in [0, 0.05) is 13.1 Å². The molecule has 2 amide bonds. The normalized spacial score (nSPS) is 20.6. The molecule has 1 heterocycles. The van der Waals surface area contributed by atoms with Crippen molar-refractivity contribution in [3.8, 4) is 0 Å². The molecule has 0 bridgehead atoms. The third-order valence-electron chi connectivity index (χ3n) is 4.04. The van der Waals surface area contributed by atoms with Crippen LogP contribution < -0.4 is 11.5 Å². The van der Waals surface area contributed by atoms with Gasteiger partial charge in [-0.3, -0.25) is 9.59 Å². The number of primary amides is 1. The maximum absolute atomic E-state index is 12.5. The molecule has 1 atom stereocenters. The van der Waals surface area contributed by atoms with Gasteiger partial charge in [-0.2, -0.15) is 0 Å². The summed E-state index contributed by atoms with van der Waals surface area (Å²) >= 11 is 0. The van der Waals surface area contributed by atoms with Crippen molar-refractivity contribution in [2.75, 3.05) is 13.1 Å². The highest BCUT2D eigenvalue weighted by Crippen LogP contribution is 2.31. The number of carbonyl (C=O) groups is 2. The lowest BCUT2D eigenvalue weighted by atomic mass is 9.80. The van der Waals surface area contributed by atoms with Crippen molar-refractivity contribution >= 4 is 11.8 Å². The topological polar surface area (TPSA) is 89.4 Å². The van der Waals surface area contributed by atoms with Gasteiger partial charge in [0.2, 0.25) is 11.8 Å².